The first-order valence-electron chi connectivity index (χ1n) is 12.0. The van der Waals surface area contributed by atoms with E-state index < -0.39 is 47.9 Å². The van der Waals surface area contributed by atoms with Gasteiger partial charge in [-0.15, -0.1) is 0 Å². The van der Waals surface area contributed by atoms with E-state index >= 15 is 0 Å². The Hall–Kier alpha value is -4.06. The van der Waals surface area contributed by atoms with Gasteiger partial charge in [-0.05, 0) is 25.7 Å². The van der Waals surface area contributed by atoms with Gasteiger partial charge >= 0.3 is 5.97 Å². The molecular weight excluding hydrogens is 532 g/mol. The van der Waals surface area contributed by atoms with Crippen LogP contribution in [0.3, 0.4) is 0 Å². The number of nitrogens with zero attached hydrogens (tertiary/aromatic N) is 3. The van der Waals surface area contributed by atoms with Crippen molar-refractivity contribution in [3.8, 4) is 0 Å². The second-order valence-electron chi connectivity index (χ2n) is 8.49. The lowest BCUT2D eigenvalue weighted by Crippen LogP contribution is -2.57. The summed E-state index contributed by atoms with van der Waals surface area (Å²) in [5.74, 6) is -3.58. The van der Waals surface area contributed by atoms with Gasteiger partial charge in [0, 0.05) is 37.2 Å². The van der Waals surface area contributed by atoms with E-state index in [9.17, 15) is 24.3 Å². The maximum absolute atomic E-state index is 13.2. The zero-order valence-electron chi connectivity index (χ0n) is 21.4. The smallest absolute Gasteiger partial charge is 0.326 e. The van der Waals surface area contributed by atoms with Crippen LogP contribution in [-0.2, 0) is 25.6 Å². The molecule has 0 bridgehead atoms. The molecule has 0 spiro atoms. The Labute approximate surface area is 230 Å². The molecule has 0 aliphatic rings. The highest BCUT2D eigenvalue weighted by Crippen LogP contribution is 2.06. The molecule has 4 atom stereocenters. The molecule has 0 saturated carbocycles. The predicted octanol–water partition coefficient (Wildman–Crippen LogP) is -4.14. The monoisotopic (exact) mass is 570 g/mol. The maximum atomic E-state index is 13.2. The van der Waals surface area contributed by atoms with Gasteiger partial charge in [-0.25, -0.2) is 9.78 Å². The fourth-order valence-electron chi connectivity index (χ4n) is 3.27. The average molecular weight is 571 g/mol. The second-order valence-corrected chi connectivity index (χ2v) is 8.85. The number of guanidine groups is 2. The number of rotatable bonds is 18. The van der Waals surface area contributed by atoms with Crippen LogP contribution in [0.25, 0.3) is 0 Å². The summed E-state index contributed by atoms with van der Waals surface area (Å²) in [5.41, 5.74) is 27.5. The molecule has 0 fully saturated rings. The van der Waals surface area contributed by atoms with Gasteiger partial charge < -0.3 is 54.7 Å². The van der Waals surface area contributed by atoms with Crippen molar-refractivity contribution < 1.29 is 24.3 Å². The SMILES string of the molecule is NC(N)=NCCCC(NC(=O)C(N)CS)C(=O)NC(CCCN=C(N)N)C(=O)NC(Cc1cnc[nH]1)C(=O)O. The molecule has 17 nitrogen and oxygen atoms in total. The van der Waals surface area contributed by atoms with Crippen molar-refractivity contribution in [2.24, 2.45) is 38.7 Å². The van der Waals surface area contributed by atoms with E-state index in [-0.39, 0.29) is 56.4 Å². The highest BCUT2D eigenvalue weighted by atomic mass is 32.1. The molecular formula is C21H38N12O5S. The number of amides is 3. The van der Waals surface area contributed by atoms with Crippen molar-refractivity contribution in [3.63, 3.8) is 0 Å². The van der Waals surface area contributed by atoms with Crippen LogP contribution < -0.4 is 44.6 Å². The Bertz CT molecular complexity index is 995. The number of carboxylic acid groups (broad SMARTS) is 1. The lowest BCUT2D eigenvalue weighted by atomic mass is 10.1. The van der Waals surface area contributed by atoms with E-state index in [1.54, 1.807) is 0 Å². The maximum Gasteiger partial charge on any atom is 0.326 e. The number of hydrogen-bond acceptors (Lipinski definition) is 9. The lowest BCUT2D eigenvalue weighted by Gasteiger charge is -2.25. The Balaban J connectivity index is 3.06. The number of nitrogens with one attached hydrogen (secondary N) is 4. The highest BCUT2D eigenvalue weighted by molar-refractivity contribution is 7.80. The number of carbonyl (C=O) groups is 4. The largest absolute Gasteiger partial charge is 0.480 e. The van der Waals surface area contributed by atoms with Crippen molar-refractivity contribution in [2.45, 2.75) is 56.3 Å². The molecule has 0 aliphatic heterocycles. The molecule has 0 radical (unpaired) electrons. The summed E-state index contributed by atoms with van der Waals surface area (Å²) < 4.78 is 0. The predicted molar refractivity (Wildman–Crippen MR) is 147 cm³/mol. The molecule has 1 rings (SSSR count). The molecule has 0 saturated heterocycles. The van der Waals surface area contributed by atoms with E-state index in [1.165, 1.54) is 12.5 Å². The first-order valence-corrected chi connectivity index (χ1v) is 12.7. The van der Waals surface area contributed by atoms with Crippen molar-refractivity contribution >= 4 is 48.2 Å². The van der Waals surface area contributed by atoms with Crippen LogP contribution in [0.2, 0.25) is 0 Å². The van der Waals surface area contributed by atoms with Crippen molar-refractivity contribution in [2.75, 3.05) is 18.8 Å². The van der Waals surface area contributed by atoms with Crippen LogP contribution in [0.15, 0.2) is 22.5 Å². The summed E-state index contributed by atoms with van der Waals surface area (Å²) in [6, 6.07) is -4.55. The average Bonchev–Trinajstić information content (AvgIpc) is 3.39. The molecule has 0 aliphatic carbocycles. The van der Waals surface area contributed by atoms with E-state index in [4.69, 9.17) is 28.7 Å². The molecule has 4 unspecified atom stereocenters. The lowest BCUT2D eigenvalue weighted by molar-refractivity contribution is -0.142. The Morgan fingerprint density at radius 3 is 1.79 bits per heavy atom. The van der Waals surface area contributed by atoms with Crippen LogP contribution in [-0.4, -0.2) is 93.7 Å². The molecule has 1 aromatic rings. The number of aromatic amines is 1. The summed E-state index contributed by atoms with van der Waals surface area (Å²) >= 11 is 3.99. The molecule has 3 amide bonds. The van der Waals surface area contributed by atoms with Crippen molar-refractivity contribution in [1.29, 1.82) is 0 Å². The van der Waals surface area contributed by atoms with Crippen molar-refractivity contribution in [3.05, 3.63) is 18.2 Å². The number of imidazole rings is 1. The van der Waals surface area contributed by atoms with E-state index in [1.807, 2.05) is 0 Å². The Morgan fingerprint density at radius 2 is 1.38 bits per heavy atom. The summed E-state index contributed by atoms with van der Waals surface area (Å²) in [7, 11) is 0. The number of thiol groups is 1. The normalized spacial score (nSPS) is 13.7. The van der Waals surface area contributed by atoms with Crippen molar-refractivity contribution in [1.82, 2.24) is 25.9 Å². The number of aliphatic imine (C=N–C) groups is 2. The van der Waals surface area contributed by atoms with Gasteiger partial charge in [0.25, 0.3) is 0 Å². The Kier molecular flexibility index (Phi) is 14.8. The minimum Gasteiger partial charge on any atom is -0.480 e. The van der Waals surface area contributed by atoms with Gasteiger partial charge in [-0.1, -0.05) is 0 Å². The van der Waals surface area contributed by atoms with E-state index in [0.29, 0.717) is 12.1 Å². The molecule has 1 heterocycles. The van der Waals surface area contributed by atoms with Gasteiger partial charge in [-0.3, -0.25) is 24.4 Å². The number of hydrogen-bond donors (Lipinski definition) is 11. The molecule has 39 heavy (non-hydrogen) atoms. The minimum atomic E-state index is -1.31. The van der Waals surface area contributed by atoms with Gasteiger partial charge in [0.05, 0.1) is 12.4 Å². The highest BCUT2D eigenvalue weighted by Gasteiger charge is 2.30. The Morgan fingerprint density at radius 1 is 0.897 bits per heavy atom. The minimum absolute atomic E-state index is 0.0386. The third kappa shape index (κ3) is 13.3. The third-order valence-electron chi connectivity index (χ3n) is 5.28. The van der Waals surface area contributed by atoms with Crippen LogP contribution in [0.4, 0.5) is 0 Å². The fraction of sp³-hybridized carbons (Fsp3) is 0.571. The van der Waals surface area contributed by atoms with Crippen LogP contribution in [0.1, 0.15) is 31.4 Å². The van der Waals surface area contributed by atoms with E-state index in [0.717, 1.165) is 0 Å². The van der Waals surface area contributed by atoms with Crippen LogP contribution >= 0.6 is 12.6 Å². The molecule has 1 aromatic heterocycles. The quantitative estimate of drug-likeness (QED) is 0.0348. The molecule has 15 N–H and O–H groups in total. The first-order chi connectivity index (χ1) is 18.4. The number of H-pyrrole nitrogens is 1. The zero-order valence-corrected chi connectivity index (χ0v) is 22.3. The molecule has 18 heteroatoms. The number of carboxylic acids is 1. The fourth-order valence-corrected chi connectivity index (χ4v) is 3.43. The van der Waals surface area contributed by atoms with Gasteiger partial charge in [0.1, 0.15) is 18.1 Å². The summed E-state index contributed by atoms with van der Waals surface area (Å²) in [4.78, 5) is 64.8. The number of aliphatic carboxylic acids is 1. The second kappa shape index (κ2) is 17.4. The van der Waals surface area contributed by atoms with Gasteiger partial charge in [0.2, 0.25) is 17.7 Å². The number of carbonyl (C=O) groups excluding carboxylic acids is 3. The zero-order chi connectivity index (χ0) is 29.4. The first kappa shape index (κ1) is 33.0. The molecule has 218 valence electrons. The topological polar surface area (TPSA) is 308 Å². The van der Waals surface area contributed by atoms with Gasteiger partial charge in [-0.2, -0.15) is 12.6 Å². The number of aromatic nitrogens is 2. The third-order valence-corrected chi connectivity index (χ3v) is 5.68. The van der Waals surface area contributed by atoms with Crippen LogP contribution in [0, 0.1) is 0 Å². The number of nitrogens with two attached hydrogens (primary N) is 5. The van der Waals surface area contributed by atoms with Crippen LogP contribution in [0.5, 0.6) is 0 Å². The molecule has 0 aromatic carbocycles. The standard InChI is InChI=1S/C21H38N12O5S/c22-12(9-39)16(34)31-13(3-1-5-28-20(23)24)17(35)32-14(4-2-6-29-21(25)26)18(36)33-15(19(37)38)7-11-8-27-10-30-11/h8,10,12-15,39H,1-7,9,22H2,(H,27,30)(H,31,34)(H,32,35)(H,33,36)(H,37,38)(H4,23,24,28)(H4,25,26,29). The van der Waals surface area contributed by atoms with E-state index in [2.05, 4.69) is 48.5 Å². The summed E-state index contributed by atoms with van der Waals surface area (Å²) in [6.07, 6.45) is 3.52. The summed E-state index contributed by atoms with van der Waals surface area (Å²) in [6.45, 7) is 0.352. The van der Waals surface area contributed by atoms with Gasteiger partial charge in [0.15, 0.2) is 11.9 Å². The summed E-state index contributed by atoms with van der Waals surface area (Å²) in [5, 5.41) is 17.2.